The van der Waals surface area contributed by atoms with Crippen LogP contribution in [-0.2, 0) is 5.41 Å². The van der Waals surface area contributed by atoms with Crippen molar-refractivity contribution in [1.82, 2.24) is 0 Å². The van der Waals surface area contributed by atoms with E-state index in [1.807, 2.05) is 0 Å². The fourth-order valence-electron chi connectivity index (χ4n) is 8.85. The predicted octanol–water partition coefficient (Wildman–Crippen LogP) is 14.0. The molecule has 1 aliphatic rings. The number of benzene rings is 9. The molecule has 0 spiro atoms. The van der Waals surface area contributed by atoms with Crippen LogP contribution in [0.5, 0.6) is 0 Å². The first-order valence-electron chi connectivity index (χ1n) is 18.7. The molecule has 0 aromatic heterocycles. The van der Waals surface area contributed by atoms with Crippen LogP contribution in [0.4, 0.5) is 17.1 Å². The Balaban J connectivity index is 1.26. The van der Waals surface area contributed by atoms with E-state index in [4.69, 9.17) is 0 Å². The first kappa shape index (κ1) is 31.7. The number of rotatable bonds is 7. The van der Waals surface area contributed by atoms with E-state index in [1.54, 1.807) is 0 Å². The molecule has 10 rings (SSSR count). The van der Waals surface area contributed by atoms with Gasteiger partial charge in [-0.3, -0.25) is 0 Å². The molecule has 0 radical (unpaired) electrons. The van der Waals surface area contributed by atoms with Gasteiger partial charge in [0.05, 0.1) is 11.1 Å². The second-order valence-electron chi connectivity index (χ2n) is 14.0. The molecule has 0 atom stereocenters. The lowest BCUT2D eigenvalue weighted by Crippen LogP contribution is -2.28. The third-order valence-electron chi connectivity index (χ3n) is 11.1. The predicted molar refractivity (Wildman–Crippen MR) is 227 cm³/mol. The maximum absolute atomic E-state index is 2.48. The van der Waals surface area contributed by atoms with Crippen LogP contribution in [0.2, 0.25) is 0 Å². The number of nitrogens with zero attached hydrogens (tertiary/aromatic N) is 1. The number of hydrogen-bond donors (Lipinski definition) is 0. The Morgan fingerprint density at radius 1 is 0.333 bits per heavy atom. The Bertz CT molecular complexity index is 2700. The van der Waals surface area contributed by atoms with Crippen molar-refractivity contribution in [2.24, 2.45) is 0 Å². The summed E-state index contributed by atoms with van der Waals surface area (Å²) in [6.07, 6.45) is 0. The summed E-state index contributed by atoms with van der Waals surface area (Å²) in [5.74, 6) is 0. The molecule has 54 heavy (non-hydrogen) atoms. The highest BCUT2D eigenvalue weighted by atomic mass is 15.1. The third kappa shape index (κ3) is 5.01. The van der Waals surface area contributed by atoms with Crippen LogP contribution in [0.15, 0.2) is 224 Å². The summed E-state index contributed by atoms with van der Waals surface area (Å²) in [7, 11) is 0. The molecule has 1 heteroatoms. The summed E-state index contributed by atoms with van der Waals surface area (Å²) < 4.78 is 0. The second-order valence-corrected chi connectivity index (χ2v) is 14.0. The summed E-state index contributed by atoms with van der Waals surface area (Å²) in [5, 5.41) is 2.43. The molecule has 0 bridgehead atoms. The van der Waals surface area contributed by atoms with E-state index in [0.29, 0.717) is 0 Å². The average molecular weight is 688 g/mol. The second kappa shape index (κ2) is 13.2. The molecule has 1 nitrogen and oxygen atoms in total. The van der Waals surface area contributed by atoms with E-state index in [0.717, 1.165) is 11.4 Å². The molecule has 0 heterocycles. The molecular weight excluding hydrogens is 651 g/mol. The van der Waals surface area contributed by atoms with Crippen LogP contribution in [0.1, 0.15) is 22.3 Å². The van der Waals surface area contributed by atoms with Crippen molar-refractivity contribution in [3.63, 3.8) is 0 Å². The lowest BCUT2D eigenvalue weighted by molar-refractivity contribution is 0.769. The van der Waals surface area contributed by atoms with Crippen LogP contribution in [-0.4, -0.2) is 0 Å². The SMILES string of the molecule is c1ccc(-c2ccccc2-c2ccc(N(c3ccccc3)c3c4c(cc5ccccc35)C(c3ccccc3)(c3ccccc3)c3ccccc3-4)cc2)cc1. The van der Waals surface area contributed by atoms with Gasteiger partial charge in [-0.1, -0.05) is 194 Å². The molecule has 9 aromatic rings. The lowest BCUT2D eigenvalue weighted by atomic mass is 9.67. The van der Waals surface area contributed by atoms with Gasteiger partial charge in [-0.05, 0) is 85.8 Å². The molecule has 0 unspecified atom stereocenters. The van der Waals surface area contributed by atoms with Crippen LogP contribution in [0, 0.1) is 0 Å². The molecule has 0 saturated carbocycles. The van der Waals surface area contributed by atoms with Gasteiger partial charge >= 0.3 is 0 Å². The molecule has 0 saturated heterocycles. The molecular formula is C53H37N. The van der Waals surface area contributed by atoms with Crippen molar-refractivity contribution < 1.29 is 0 Å². The highest BCUT2D eigenvalue weighted by Crippen LogP contribution is 2.61. The van der Waals surface area contributed by atoms with E-state index < -0.39 is 5.41 Å². The Morgan fingerprint density at radius 2 is 0.796 bits per heavy atom. The zero-order valence-electron chi connectivity index (χ0n) is 29.8. The Morgan fingerprint density at radius 3 is 1.43 bits per heavy atom. The minimum absolute atomic E-state index is 0.513. The Kier molecular flexibility index (Phi) is 7.78. The molecule has 1 aliphatic carbocycles. The molecule has 9 aromatic carbocycles. The summed E-state index contributed by atoms with van der Waals surface area (Å²) >= 11 is 0. The number of hydrogen-bond acceptors (Lipinski definition) is 1. The average Bonchev–Trinajstić information content (AvgIpc) is 3.55. The number of anilines is 3. The Labute approximate surface area is 317 Å². The summed E-state index contributed by atoms with van der Waals surface area (Å²) in [5.41, 5.74) is 15.4. The van der Waals surface area contributed by atoms with Crippen LogP contribution in [0.25, 0.3) is 44.2 Å². The van der Waals surface area contributed by atoms with Crippen molar-refractivity contribution in [3.8, 4) is 33.4 Å². The summed E-state index contributed by atoms with van der Waals surface area (Å²) in [4.78, 5) is 2.48. The van der Waals surface area contributed by atoms with Gasteiger partial charge in [0.1, 0.15) is 0 Å². The van der Waals surface area contributed by atoms with Crippen molar-refractivity contribution in [3.05, 3.63) is 247 Å². The van der Waals surface area contributed by atoms with Gasteiger partial charge in [-0.15, -0.1) is 0 Å². The minimum atomic E-state index is -0.513. The number of fused-ring (bicyclic) bond motifs is 4. The highest BCUT2D eigenvalue weighted by molar-refractivity contribution is 6.10. The van der Waals surface area contributed by atoms with Gasteiger partial charge in [0, 0.05) is 22.3 Å². The van der Waals surface area contributed by atoms with Crippen molar-refractivity contribution >= 4 is 27.8 Å². The zero-order chi connectivity index (χ0) is 35.9. The van der Waals surface area contributed by atoms with Gasteiger partial charge in [-0.25, -0.2) is 0 Å². The van der Waals surface area contributed by atoms with Gasteiger partial charge in [-0.2, -0.15) is 0 Å². The zero-order valence-corrected chi connectivity index (χ0v) is 29.8. The smallest absolute Gasteiger partial charge is 0.0714 e. The summed E-state index contributed by atoms with van der Waals surface area (Å²) in [6.45, 7) is 0. The van der Waals surface area contributed by atoms with Crippen LogP contribution >= 0.6 is 0 Å². The quantitative estimate of drug-likeness (QED) is 0.161. The monoisotopic (exact) mass is 687 g/mol. The third-order valence-corrected chi connectivity index (χ3v) is 11.1. The molecule has 254 valence electrons. The fraction of sp³-hybridized carbons (Fsp3) is 0.0189. The van der Waals surface area contributed by atoms with Gasteiger partial charge in [0.2, 0.25) is 0 Å². The van der Waals surface area contributed by atoms with E-state index in [-0.39, 0.29) is 0 Å². The Hall–Kier alpha value is -6.96. The van der Waals surface area contributed by atoms with Crippen molar-refractivity contribution in [2.75, 3.05) is 4.90 Å². The largest absolute Gasteiger partial charge is 0.309 e. The van der Waals surface area contributed by atoms with Crippen LogP contribution in [0.3, 0.4) is 0 Å². The van der Waals surface area contributed by atoms with Gasteiger partial charge in [0.15, 0.2) is 0 Å². The summed E-state index contributed by atoms with van der Waals surface area (Å²) in [6, 6.07) is 82.0. The molecule has 0 N–H and O–H groups in total. The number of para-hydroxylation sites is 1. The van der Waals surface area contributed by atoms with Crippen LogP contribution < -0.4 is 4.90 Å². The van der Waals surface area contributed by atoms with E-state index in [1.165, 1.54) is 72.1 Å². The van der Waals surface area contributed by atoms with Gasteiger partial charge in [0.25, 0.3) is 0 Å². The van der Waals surface area contributed by atoms with E-state index in [2.05, 4.69) is 229 Å². The van der Waals surface area contributed by atoms with Crippen molar-refractivity contribution in [2.45, 2.75) is 5.41 Å². The molecule has 0 fully saturated rings. The maximum atomic E-state index is 2.48. The molecule has 0 amide bonds. The first-order valence-corrected chi connectivity index (χ1v) is 18.7. The minimum Gasteiger partial charge on any atom is -0.309 e. The van der Waals surface area contributed by atoms with E-state index >= 15 is 0 Å². The van der Waals surface area contributed by atoms with Crippen molar-refractivity contribution in [1.29, 1.82) is 0 Å². The lowest BCUT2D eigenvalue weighted by Gasteiger charge is -2.35. The molecule has 0 aliphatic heterocycles. The standard InChI is InChI=1S/C53H37N/c1-5-19-38(20-6-1)45-28-15-16-29-46(45)39-33-35-44(36-34-39)54(43-26-11-4-12-27-43)52-47-30-14-13-21-40(47)37-50-51(52)48-31-17-18-32-49(48)53(50,41-22-7-2-8-23-41)42-24-9-3-10-25-42/h1-37H. The normalized spacial score (nSPS) is 12.6. The van der Waals surface area contributed by atoms with E-state index in [9.17, 15) is 0 Å². The highest BCUT2D eigenvalue weighted by Gasteiger charge is 2.47. The van der Waals surface area contributed by atoms with Gasteiger partial charge < -0.3 is 4.90 Å². The topological polar surface area (TPSA) is 3.24 Å². The fourth-order valence-corrected chi connectivity index (χ4v) is 8.85. The first-order chi connectivity index (χ1) is 26.8. The maximum Gasteiger partial charge on any atom is 0.0714 e.